The first kappa shape index (κ1) is 13.2. The van der Waals surface area contributed by atoms with Crippen LogP contribution < -0.4 is 10.9 Å². The SMILES string of the molecule is CC(Nc1cnn(CC2CC2)c(=O)c1Br)C1CCC1. The number of nitrogens with one attached hydrogen (secondary N) is 1. The van der Waals surface area contributed by atoms with Crippen LogP contribution in [-0.2, 0) is 6.54 Å². The zero-order valence-electron chi connectivity index (χ0n) is 11.2. The normalized spacial score (nSPS) is 20.9. The van der Waals surface area contributed by atoms with Crippen LogP contribution in [0.5, 0.6) is 0 Å². The highest BCUT2D eigenvalue weighted by atomic mass is 79.9. The van der Waals surface area contributed by atoms with Crippen LogP contribution in [0.25, 0.3) is 0 Å². The summed E-state index contributed by atoms with van der Waals surface area (Å²) in [4.78, 5) is 12.2. The summed E-state index contributed by atoms with van der Waals surface area (Å²) < 4.78 is 2.20. The number of hydrogen-bond donors (Lipinski definition) is 1. The molecule has 0 spiro atoms. The average molecular weight is 326 g/mol. The second-order valence-corrected chi connectivity index (χ2v) is 6.72. The van der Waals surface area contributed by atoms with Crippen molar-refractivity contribution in [2.24, 2.45) is 11.8 Å². The van der Waals surface area contributed by atoms with E-state index in [1.54, 1.807) is 10.9 Å². The van der Waals surface area contributed by atoms with Gasteiger partial charge in [0, 0.05) is 12.6 Å². The van der Waals surface area contributed by atoms with Crippen LogP contribution in [0.15, 0.2) is 15.5 Å². The second-order valence-electron chi connectivity index (χ2n) is 5.93. The summed E-state index contributed by atoms with van der Waals surface area (Å²) in [7, 11) is 0. The Morgan fingerprint density at radius 1 is 1.47 bits per heavy atom. The molecule has 104 valence electrons. The van der Waals surface area contributed by atoms with Crippen LogP contribution in [0, 0.1) is 11.8 Å². The molecule has 0 saturated heterocycles. The summed E-state index contributed by atoms with van der Waals surface area (Å²) in [5.41, 5.74) is 0.814. The fraction of sp³-hybridized carbons (Fsp3) is 0.714. The Morgan fingerprint density at radius 2 is 2.21 bits per heavy atom. The summed E-state index contributed by atoms with van der Waals surface area (Å²) in [5.74, 6) is 1.39. The number of hydrogen-bond acceptors (Lipinski definition) is 3. The first-order chi connectivity index (χ1) is 9.15. The lowest BCUT2D eigenvalue weighted by Crippen LogP contribution is -2.32. The summed E-state index contributed by atoms with van der Waals surface area (Å²) in [6, 6.07) is 0.408. The zero-order valence-corrected chi connectivity index (χ0v) is 12.8. The third-order valence-corrected chi connectivity index (χ3v) is 5.12. The number of anilines is 1. The van der Waals surface area contributed by atoms with Crippen molar-refractivity contribution in [1.82, 2.24) is 9.78 Å². The van der Waals surface area contributed by atoms with Crippen molar-refractivity contribution < 1.29 is 0 Å². The van der Waals surface area contributed by atoms with Crippen LogP contribution in [-0.4, -0.2) is 15.8 Å². The van der Waals surface area contributed by atoms with E-state index >= 15 is 0 Å². The molecular weight excluding hydrogens is 306 g/mol. The van der Waals surface area contributed by atoms with Crippen molar-refractivity contribution in [3.05, 3.63) is 21.0 Å². The lowest BCUT2D eigenvalue weighted by atomic mass is 9.80. The van der Waals surface area contributed by atoms with Gasteiger partial charge in [0.05, 0.1) is 11.9 Å². The molecule has 3 rings (SSSR count). The predicted octanol–water partition coefficient (Wildman–Crippen LogP) is 3.02. The number of rotatable bonds is 5. The van der Waals surface area contributed by atoms with Gasteiger partial charge < -0.3 is 5.32 Å². The Hall–Kier alpha value is -0.840. The highest BCUT2D eigenvalue weighted by Crippen LogP contribution is 2.32. The minimum Gasteiger partial charge on any atom is -0.380 e. The Balaban J connectivity index is 1.74. The van der Waals surface area contributed by atoms with Gasteiger partial charge in [-0.25, -0.2) is 4.68 Å². The maximum Gasteiger partial charge on any atom is 0.283 e. The van der Waals surface area contributed by atoms with Gasteiger partial charge in [-0.1, -0.05) is 6.42 Å². The van der Waals surface area contributed by atoms with Crippen LogP contribution in [0.2, 0.25) is 0 Å². The van der Waals surface area contributed by atoms with Crippen LogP contribution in [0.4, 0.5) is 5.69 Å². The monoisotopic (exact) mass is 325 g/mol. The minimum atomic E-state index is -0.0160. The Kier molecular flexibility index (Phi) is 3.65. The average Bonchev–Trinajstić information content (AvgIpc) is 3.10. The molecule has 1 atom stereocenters. The molecule has 0 aromatic carbocycles. The zero-order chi connectivity index (χ0) is 13.4. The number of aromatic nitrogens is 2. The molecule has 0 bridgehead atoms. The van der Waals surface area contributed by atoms with Gasteiger partial charge in [-0.05, 0) is 60.4 Å². The van der Waals surface area contributed by atoms with Crippen molar-refractivity contribution in [2.45, 2.75) is 51.6 Å². The van der Waals surface area contributed by atoms with Crippen molar-refractivity contribution >= 4 is 21.6 Å². The van der Waals surface area contributed by atoms with Gasteiger partial charge in [0.2, 0.25) is 0 Å². The second kappa shape index (κ2) is 5.27. The maximum absolute atomic E-state index is 12.2. The van der Waals surface area contributed by atoms with Gasteiger partial charge in [0.15, 0.2) is 0 Å². The lowest BCUT2D eigenvalue weighted by Gasteiger charge is -2.32. The quantitative estimate of drug-likeness (QED) is 0.905. The first-order valence-corrected chi connectivity index (χ1v) is 7.96. The molecule has 19 heavy (non-hydrogen) atoms. The first-order valence-electron chi connectivity index (χ1n) is 7.17. The van der Waals surface area contributed by atoms with E-state index < -0.39 is 0 Å². The number of halogens is 1. The molecule has 2 aliphatic carbocycles. The highest BCUT2D eigenvalue weighted by Gasteiger charge is 2.26. The van der Waals surface area contributed by atoms with E-state index in [2.05, 4.69) is 33.3 Å². The van der Waals surface area contributed by atoms with E-state index in [1.807, 2.05) is 0 Å². The van der Waals surface area contributed by atoms with E-state index in [0.29, 0.717) is 16.4 Å². The van der Waals surface area contributed by atoms with E-state index in [1.165, 1.54) is 32.1 Å². The molecule has 2 saturated carbocycles. The molecule has 2 aliphatic rings. The predicted molar refractivity (Wildman–Crippen MR) is 79.3 cm³/mol. The summed E-state index contributed by atoms with van der Waals surface area (Å²) in [6.07, 6.45) is 8.15. The standard InChI is InChI=1S/C14H20BrN3O/c1-9(11-3-2-4-11)17-12-7-16-18(8-10-5-6-10)14(19)13(12)15/h7,9-11,17H,2-6,8H2,1H3. The van der Waals surface area contributed by atoms with E-state index in [0.717, 1.165) is 18.2 Å². The largest absolute Gasteiger partial charge is 0.380 e. The molecule has 1 heterocycles. The van der Waals surface area contributed by atoms with Gasteiger partial charge in [-0.3, -0.25) is 4.79 Å². The Bertz CT molecular complexity index is 520. The van der Waals surface area contributed by atoms with Crippen LogP contribution in [0.1, 0.15) is 39.0 Å². The van der Waals surface area contributed by atoms with Crippen LogP contribution >= 0.6 is 15.9 Å². The lowest BCUT2D eigenvalue weighted by molar-refractivity contribution is 0.285. The molecule has 1 aromatic heterocycles. The van der Waals surface area contributed by atoms with E-state index in [9.17, 15) is 4.79 Å². The van der Waals surface area contributed by atoms with Crippen molar-refractivity contribution in [1.29, 1.82) is 0 Å². The fourth-order valence-electron chi connectivity index (χ4n) is 2.54. The third-order valence-electron chi connectivity index (χ3n) is 4.35. The number of nitrogens with zero attached hydrogens (tertiary/aromatic N) is 2. The molecule has 1 aromatic rings. The van der Waals surface area contributed by atoms with Gasteiger partial charge in [-0.2, -0.15) is 5.10 Å². The smallest absolute Gasteiger partial charge is 0.283 e. The fourth-order valence-corrected chi connectivity index (χ4v) is 2.97. The Labute approximate surface area is 121 Å². The minimum absolute atomic E-state index is 0.0160. The van der Waals surface area contributed by atoms with Gasteiger partial charge in [-0.15, -0.1) is 0 Å². The van der Waals surface area contributed by atoms with Gasteiger partial charge in [0.25, 0.3) is 5.56 Å². The van der Waals surface area contributed by atoms with Crippen molar-refractivity contribution in [2.75, 3.05) is 5.32 Å². The van der Waals surface area contributed by atoms with Crippen molar-refractivity contribution in [3.8, 4) is 0 Å². The van der Waals surface area contributed by atoms with E-state index in [-0.39, 0.29) is 5.56 Å². The topological polar surface area (TPSA) is 46.9 Å². The molecule has 0 radical (unpaired) electrons. The third kappa shape index (κ3) is 2.86. The van der Waals surface area contributed by atoms with E-state index in [4.69, 9.17) is 0 Å². The molecule has 0 amide bonds. The summed E-state index contributed by atoms with van der Waals surface area (Å²) >= 11 is 3.42. The molecule has 4 nitrogen and oxygen atoms in total. The highest BCUT2D eigenvalue weighted by molar-refractivity contribution is 9.10. The molecule has 1 N–H and O–H groups in total. The molecule has 0 aliphatic heterocycles. The van der Waals surface area contributed by atoms with Gasteiger partial charge >= 0.3 is 0 Å². The van der Waals surface area contributed by atoms with Crippen LogP contribution in [0.3, 0.4) is 0 Å². The molecule has 5 heteroatoms. The van der Waals surface area contributed by atoms with Crippen molar-refractivity contribution in [3.63, 3.8) is 0 Å². The molecule has 2 fully saturated rings. The Morgan fingerprint density at radius 3 is 2.79 bits per heavy atom. The summed E-state index contributed by atoms with van der Waals surface area (Å²) in [6.45, 7) is 2.95. The van der Waals surface area contributed by atoms with Gasteiger partial charge in [0.1, 0.15) is 4.47 Å². The maximum atomic E-state index is 12.2. The molecule has 1 unspecified atom stereocenters. The summed E-state index contributed by atoms with van der Waals surface area (Å²) in [5, 5.41) is 7.71. The molecular formula is C14H20BrN3O.